The lowest BCUT2D eigenvalue weighted by Crippen LogP contribution is -2.33. The van der Waals surface area contributed by atoms with Crippen molar-refractivity contribution in [3.8, 4) is 17.5 Å². The van der Waals surface area contributed by atoms with E-state index in [-0.39, 0.29) is 18.1 Å². The average Bonchev–Trinajstić information content (AvgIpc) is 3.54. The molecular weight excluding hydrogens is 408 g/mol. The number of amides is 1. The first-order valence-corrected chi connectivity index (χ1v) is 11.3. The number of anilines is 1. The van der Waals surface area contributed by atoms with Gasteiger partial charge in [-0.2, -0.15) is 5.26 Å². The van der Waals surface area contributed by atoms with Gasteiger partial charge in [0.15, 0.2) is 11.0 Å². The van der Waals surface area contributed by atoms with E-state index in [9.17, 15) is 4.79 Å². The van der Waals surface area contributed by atoms with Crippen molar-refractivity contribution in [2.75, 3.05) is 17.2 Å². The summed E-state index contributed by atoms with van der Waals surface area (Å²) in [6.07, 6.45) is 5.98. The summed E-state index contributed by atoms with van der Waals surface area (Å²) < 4.78 is 2.13. The minimum atomic E-state index is -0.0447. The number of carbonyl (C=O) groups excluding carboxylic acids is 1. The molecule has 0 saturated heterocycles. The van der Waals surface area contributed by atoms with E-state index in [1.54, 1.807) is 17.3 Å². The van der Waals surface area contributed by atoms with Crippen LogP contribution in [-0.4, -0.2) is 38.0 Å². The molecule has 3 aromatic rings. The zero-order valence-corrected chi connectivity index (χ0v) is 18.5. The molecule has 158 valence electrons. The van der Waals surface area contributed by atoms with Crippen LogP contribution >= 0.6 is 11.8 Å². The topological polar surface area (TPSA) is 87.7 Å². The highest BCUT2D eigenvalue weighted by molar-refractivity contribution is 7.99. The molecule has 1 amide bonds. The Morgan fingerprint density at radius 1 is 1.26 bits per heavy atom. The van der Waals surface area contributed by atoms with E-state index in [0.29, 0.717) is 12.6 Å². The van der Waals surface area contributed by atoms with E-state index in [0.717, 1.165) is 40.6 Å². The van der Waals surface area contributed by atoms with Gasteiger partial charge in [-0.3, -0.25) is 14.3 Å². The molecular formula is C23H24N6OS. The predicted molar refractivity (Wildman–Crippen MR) is 121 cm³/mol. The van der Waals surface area contributed by atoms with Crippen molar-refractivity contribution >= 4 is 23.4 Å². The van der Waals surface area contributed by atoms with Crippen molar-refractivity contribution < 1.29 is 4.79 Å². The minimum Gasteiger partial charge on any atom is -0.311 e. The zero-order chi connectivity index (χ0) is 21.8. The molecule has 7 nitrogen and oxygen atoms in total. The fourth-order valence-electron chi connectivity index (χ4n) is 3.39. The Kier molecular flexibility index (Phi) is 6.33. The molecule has 8 heteroatoms. The molecule has 1 aromatic carbocycles. The summed E-state index contributed by atoms with van der Waals surface area (Å²) in [6, 6.07) is 12.3. The van der Waals surface area contributed by atoms with Crippen LogP contribution in [0, 0.1) is 25.2 Å². The van der Waals surface area contributed by atoms with E-state index in [1.807, 2.05) is 44.2 Å². The lowest BCUT2D eigenvalue weighted by Gasteiger charge is -2.22. The first kappa shape index (κ1) is 21.1. The van der Waals surface area contributed by atoms with Crippen LogP contribution in [0.25, 0.3) is 11.4 Å². The molecule has 0 atom stereocenters. The number of thioether (sulfide) groups is 1. The van der Waals surface area contributed by atoms with Crippen LogP contribution in [0.3, 0.4) is 0 Å². The van der Waals surface area contributed by atoms with Crippen LogP contribution in [0.2, 0.25) is 0 Å². The van der Waals surface area contributed by atoms with Crippen molar-refractivity contribution in [3.63, 3.8) is 0 Å². The van der Waals surface area contributed by atoms with Crippen molar-refractivity contribution in [2.24, 2.45) is 0 Å². The quantitative estimate of drug-likeness (QED) is 0.492. The number of aryl methyl sites for hydroxylation is 2. The van der Waals surface area contributed by atoms with E-state index >= 15 is 0 Å². The van der Waals surface area contributed by atoms with Crippen LogP contribution in [0.4, 0.5) is 5.69 Å². The summed E-state index contributed by atoms with van der Waals surface area (Å²) in [6.45, 7) is 4.44. The Labute approximate surface area is 186 Å². The molecule has 1 aliphatic carbocycles. The molecule has 0 bridgehead atoms. The van der Waals surface area contributed by atoms with Crippen LogP contribution in [0.1, 0.15) is 36.4 Å². The normalized spacial score (nSPS) is 13.1. The molecule has 0 spiro atoms. The number of aromatic nitrogens is 4. The summed E-state index contributed by atoms with van der Waals surface area (Å²) in [4.78, 5) is 19.0. The summed E-state index contributed by atoms with van der Waals surface area (Å²) in [5.41, 5.74) is 4.04. The van der Waals surface area contributed by atoms with Crippen LogP contribution in [-0.2, 0) is 4.79 Å². The number of pyridine rings is 1. The number of carbonyl (C=O) groups is 1. The van der Waals surface area contributed by atoms with Crippen molar-refractivity contribution in [2.45, 2.75) is 44.3 Å². The molecule has 0 aliphatic heterocycles. The lowest BCUT2D eigenvalue weighted by atomic mass is 10.1. The van der Waals surface area contributed by atoms with Gasteiger partial charge in [0, 0.05) is 36.2 Å². The monoisotopic (exact) mass is 432 g/mol. The van der Waals surface area contributed by atoms with Gasteiger partial charge in [0.05, 0.1) is 18.2 Å². The number of nitriles is 1. The molecule has 1 aliphatic rings. The van der Waals surface area contributed by atoms with Gasteiger partial charge in [0.1, 0.15) is 0 Å². The van der Waals surface area contributed by atoms with Gasteiger partial charge >= 0.3 is 0 Å². The molecule has 4 rings (SSSR count). The van der Waals surface area contributed by atoms with Crippen molar-refractivity contribution in [1.29, 1.82) is 5.26 Å². The first-order valence-electron chi connectivity index (χ1n) is 10.3. The van der Waals surface area contributed by atoms with Crippen LogP contribution in [0.5, 0.6) is 0 Å². The Bertz CT molecular complexity index is 1120. The SMILES string of the molecule is Cc1ccc(N(CCC#N)C(=O)CSc2nnc(-c3cccnc3)n2C2CC2)cc1C. The second kappa shape index (κ2) is 9.31. The van der Waals surface area contributed by atoms with Crippen LogP contribution < -0.4 is 4.90 Å². The largest absolute Gasteiger partial charge is 0.311 e. The third-order valence-electron chi connectivity index (χ3n) is 5.37. The maximum Gasteiger partial charge on any atom is 0.237 e. The predicted octanol–water partition coefficient (Wildman–Crippen LogP) is 4.33. The molecule has 0 radical (unpaired) electrons. The molecule has 0 N–H and O–H groups in total. The van der Waals surface area contributed by atoms with E-state index in [4.69, 9.17) is 5.26 Å². The summed E-state index contributed by atoms with van der Waals surface area (Å²) in [5, 5.41) is 18.5. The van der Waals surface area contributed by atoms with Gasteiger partial charge in [-0.25, -0.2) is 0 Å². The van der Waals surface area contributed by atoms with Crippen molar-refractivity contribution in [1.82, 2.24) is 19.7 Å². The Hall–Kier alpha value is -3.18. The van der Waals surface area contributed by atoms with Gasteiger partial charge in [0.2, 0.25) is 5.91 Å². The third kappa shape index (κ3) is 4.78. The van der Waals surface area contributed by atoms with Crippen LogP contribution in [0.15, 0.2) is 47.9 Å². The number of benzene rings is 1. The Morgan fingerprint density at radius 2 is 2.10 bits per heavy atom. The molecule has 1 fully saturated rings. The van der Waals surface area contributed by atoms with E-state index in [2.05, 4.69) is 25.8 Å². The fraction of sp³-hybridized carbons (Fsp3) is 0.348. The van der Waals surface area contributed by atoms with E-state index in [1.165, 1.54) is 17.3 Å². The highest BCUT2D eigenvalue weighted by Gasteiger charge is 2.30. The molecule has 31 heavy (non-hydrogen) atoms. The smallest absolute Gasteiger partial charge is 0.237 e. The average molecular weight is 433 g/mol. The second-order valence-corrected chi connectivity index (χ2v) is 8.60. The maximum atomic E-state index is 13.1. The van der Waals surface area contributed by atoms with Gasteiger partial charge in [-0.05, 0) is 62.1 Å². The highest BCUT2D eigenvalue weighted by Crippen LogP contribution is 2.41. The Morgan fingerprint density at radius 3 is 2.77 bits per heavy atom. The summed E-state index contributed by atoms with van der Waals surface area (Å²) >= 11 is 1.40. The second-order valence-electron chi connectivity index (χ2n) is 7.66. The van der Waals surface area contributed by atoms with E-state index < -0.39 is 0 Å². The summed E-state index contributed by atoms with van der Waals surface area (Å²) in [5.74, 6) is 0.980. The first-order chi connectivity index (χ1) is 15.1. The fourth-order valence-corrected chi connectivity index (χ4v) is 4.27. The highest BCUT2D eigenvalue weighted by atomic mass is 32.2. The lowest BCUT2D eigenvalue weighted by molar-refractivity contribution is -0.116. The molecule has 0 unspecified atom stereocenters. The minimum absolute atomic E-state index is 0.0447. The van der Waals surface area contributed by atoms with Gasteiger partial charge in [-0.15, -0.1) is 10.2 Å². The maximum absolute atomic E-state index is 13.1. The van der Waals surface area contributed by atoms with Gasteiger partial charge in [-0.1, -0.05) is 17.8 Å². The number of rotatable bonds is 8. The number of hydrogen-bond donors (Lipinski definition) is 0. The third-order valence-corrected chi connectivity index (χ3v) is 6.30. The molecule has 2 heterocycles. The zero-order valence-electron chi connectivity index (χ0n) is 17.7. The number of hydrogen-bond acceptors (Lipinski definition) is 6. The molecule has 1 saturated carbocycles. The number of nitrogens with zero attached hydrogens (tertiary/aromatic N) is 6. The van der Waals surface area contributed by atoms with Crippen molar-refractivity contribution in [3.05, 3.63) is 53.9 Å². The standard InChI is InChI=1S/C23H24N6OS/c1-16-6-7-20(13-17(16)2)28(12-4-10-24)21(30)15-31-23-27-26-22(29(23)19-8-9-19)18-5-3-11-25-14-18/h3,5-7,11,13-14,19H,4,8-9,12,15H2,1-2H3. The Balaban J connectivity index is 1.53. The molecule has 2 aromatic heterocycles. The van der Waals surface area contributed by atoms with Gasteiger partial charge < -0.3 is 4.90 Å². The summed E-state index contributed by atoms with van der Waals surface area (Å²) in [7, 11) is 0. The van der Waals surface area contributed by atoms with Gasteiger partial charge in [0.25, 0.3) is 0 Å².